The first-order chi connectivity index (χ1) is 11.0. The summed E-state index contributed by atoms with van der Waals surface area (Å²) in [5.74, 6) is 0.185. The molecule has 0 radical (unpaired) electrons. The molecule has 3 rings (SSSR count). The highest BCUT2D eigenvalue weighted by Gasteiger charge is 2.14. The lowest BCUT2D eigenvalue weighted by molar-refractivity contribution is 0.601. The molecule has 0 aliphatic carbocycles. The number of hydrogen-bond acceptors (Lipinski definition) is 4. The van der Waals surface area contributed by atoms with Crippen molar-refractivity contribution < 1.29 is 8.42 Å². The molecule has 1 N–H and O–H groups in total. The van der Waals surface area contributed by atoms with Gasteiger partial charge in [-0.1, -0.05) is 48.0 Å². The van der Waals surface area contributed by atoms with Crippen molar-refractivity contribution in [2.75, 3.05) is 4.72 Å². The zero-order chi connectivity index (χ0) is 16.3. The summed E-state index contributed by atoms with van der Waals surface area (Å²) in [5.41, 5.74) is 2.60. The molecule has 0 spiro atoms. The Morgan fingerprint density at radius 3 is 2.13 bits per heavy atom. The molecule has 1 heterocycles. The zero-order valence-corrected chi connectivity index (χ0v) is 13.3. The molecular weight excluding hydrogens is 310 g/mol. The molecule has 5 nitrogen and oxygen atoms in total. The van der Waals surface area contributed by atoms with Gasteiger partial charge < -0.3 is 0 Å². The van der Waals surface area contributed by atoms with Crippen LogP contribution in [0.4, 0.5) is 5.82 Å². The molecule has 23 heavy (non-hydrogen) atoms. The van der Waals surface area contributed by atoms with E-state index in [2.05, 4.69) is 14.9 Å². The number of aryl methyl sites for hydroxylation is 1. The summed E-state index contributed by atoms with van der Waals surface area (Å²) in [7, 11) is -3.66. The SMILES string of the molecule is Cc1ccc(S(=O)(=O)Nc2ccc(-c3ccccc3)nn2)cc1. The third-order valence-corrected chi connectivity index (χ3v) is 4.67. The number of nitrogens with zero attached hydrogens (tertiary/aromatic N) is 2. The van der Waals surface area contributed by atoms with E-state index < -0.39 is 10.0 Å². The van der Waals surface area contributed by atoms with Crippen LogP contribution in [0, 0.1) is 6.92 Å². The van der Waals surface area contributed by atoms with Crippen LogP contribution in [0.1, 0.15) is 5.56 Å². The molecule has 1 aromatic heterocycles. The highest BCUT2D eigenvalue weighted by atomic mass is 32.2. The number of benzene rings is 2. The Hall–Kier alpha value is -2.73. The van der Waals surface area contributed by atoms with Crippen molar-refractivity contribution in [3.8, 4) is 11.3 Å². The van der Waals surface area contributed by atoms with Crippen LogP contribution >= 0.6 is 0 Å². The minimum atomic E-state index is -3.66. The van der Waals surface area contributed by atoms with Gasteiger partial charge >= 0.3 is 0 Å². The molecule has 6 heteroatoms. The maximum absolute atomic E-state index is 12.3. The predicted octanol–water partition coefficient (Wildman–Crippen LogP) is 3.25. The topological polar surface area (TPSA) is 72.0 Å². The smallest absolute Gasteiger partial charge is 0.262 e. The Labute approximate surface area is 135 Å². The standard InChI is InChI=1S/C17H15N3O2S/c1-13-7-9-15(10-8-13)23(21,22)20-17-12-11-16(18-19-17)14-5-3-2-4-6-14/h2-12H,1H3,(H,19,20). The van der Waals surface area contributed by atoms with Gasteiger partial charge in [0.05, 0.1) is 10.6 Å². The fourth-order valence-electron chi connectivity index (χ4n) is 2.06. The molecule has 0 aliphatic heterocycles. The van der Waals surface area contributed by atoms with Gasteiger partial charge in [-0.3, -0.25) is 4.72 Å². The average molecular weight is 325 g/mol. The first-order valence-corrected chi connectivity index (χ1v) is 8.51. The van der Waals surface area contributed by atoms with Gasteiger partial charge in [0.25, 0.3) is 10.0 Å². The molecule has 116 valence electrons. The van der Waals surface area contributed by atoms with E-state index in [1.165, 1.54) is 0 Å². The summed E-state index contributed by atoms with van der Waals surface area (Å²) < 4.78 is 27.0. The Kier molecular flexibility index (Phi) is 4.08. The first-order valence-electron chi connectivity index (χ1n) is 7.03. The summed E-state index contributed by atoms with van der Waals surface area (Å²) in [6, 6.07) is 19.5. The van der Waals surface area contributed by atoms with Crippen molar-refractivity contribution in [3.63, 3.8) is 0 Å². The second kappa shape index (κ2) is 6.18. The van der Waals surface area contributed by atoms with E-state index in [0.717, 1.165) is 11.1 Å². The Morgan fingerprint density at radius 1 is 0.826 bits per heavy atom. The van der Waals surface area contributed by atoms with E-state index in [-0.39, 0.29) is 10.7 Å². The molecule has 0 saturated carbocycles. The van der Waals surface area contributed by atoms with Crippen molar-refractivity contribution in [2.24, 2.45) is 0 Å². The van der Waals surface area contributed by atoms with Gasteiger partial charge in [0.2, 0.25) is 0 Å². The van der Waals surface area contributed by atoms with Crippen molar-refractivity contribution in [2.45, 2.75) is 11.8 Å². The number of rotatable bonds is 4. The zero-order valence-electron chi connectivity index (χ0n) is 12.5. The fourth-order valence-corrected chi connectivity index (χ4v) is 3.06. The Bertz CT molecular complexity index is 891. The molecule has 0 saturated heterocycles. The van der Waals surface area contributed by atoms with Gasteiger partial charge in [-0.25, -0.2) is 8.42 Å². The minimum absolute atomic E-state index is 0.185. The third kappa shape index (κ3) is 3.54. The molecule has 0 fully saturated rings. The van der Waals surface area contributed by atoms with Crippen LogP contribution in [0.2, 0.25) is 0 Å². The second-order valence-electron chi connectivity index (χ2n) is 5.09. The van der Waals surface area contributed by atoms with Crippen molar-refractivity contribution in [1.29, 1.82) is 0 Å². The van der Waals surface area contributed by atoms with Crippen LogP contribution in [-0.4, -0.2) is 18.6 Å². The van der Waals surface area contributed by atoms with Gasteiger partial charge in [-0.2, -0.15) is 0 Å². The lowest BCUT2D eigenvalue weighted by Crippen LogP contribution is -2.14. The number of anilines is 1. The van der Waals surface area contributed by atoms with Gasteiger partial charge in [0.1, 0.15) is 0 Å². The molecule has 3 aromatic rings. The Morgan fingerprint density at radius 2 is 1.52 bits per heavy atom. The molecule has 0 atom stereocenters. The molecule has 0 unspecified atom stereocenters. The Balaban J connectivity index is 1.82. The van der Waals surface area contributed by atoms with Crippen LogP contribution in [0.25, 0.3) is 11.3 Å². The summed E-state index contributed by atoms with van der Waals surface area (Å²) in [5, 5.41) is 8.01. The van der Waals surface area contributed by atoms with E-state index in [9.17, 15) is 8.42 Å². The monoisotopic (exact) mass is 325 g/mol. The largest absolute Gasteiger partial charge is 0.263 e. The number of aromatic nitrogens is 2. The summed E-state index contributed by atoms with van der Waals surface area (Å²) in [6.45, 7) is 1.90. The van der Waals surface area contributed by atoms with Crippen molar-refractivity contribution in [1.82, 2.24) is 10.2 Å². The fraction of sp³-hybridized carbons (Fsp3) is 0.0588. The van der Waals surface area contributed by atoms with Gasteiger partial charge in [-0.15, -0.1) is 10.2 Å². The maximum atomic E-state index is 12.3. The highest BCUT2D eigenvalue weighted by molar-refractivity contribution is 7.92. The van der Waals surface area contributed by atoms with Gasteiger partial charge in [0, 0.05) is 5.56 Å². The second-order valence-corrected chi connectivity index (χ2v) is 6.77. The molecule has 0 bridgehead atoms. The van der Waals surface area contributed by atoms with Crippen LogP contribution in [-0.2, 0) is 10.0 Å². The first kappa shape index (κ1) is 15.2. The minimum Gasteiger partial charge on any atom is -0.262 e. The van der Waals surface area contributed by atoms with E-state index >= 15 is 0 Å². The predicted molar refractivity (Wildman–Crippen MR) is 89.5 cm³/mol. The van der Waals surface area contributed by atoms with Gasteiger partial charge in [-0.05, 0) is 31.2 Å². The highest BCUT2D eigenvalue weighted by Crippen LogP contribution is 2.18. The van der Waals surface area contributed by atoms with E-state index in [4.69, 9.17) is 0 Å². The van der Waals surface area contributed by atoms with E-state index in [1.54, 1.807) is 36.4 Å². The quantitative estimate of drug-likeness (QED) is 0.799. The lowest BCUT2D eigenvalue weighted by atomic mass is 10.1. The molecule has 0 aliphatic rings. The van der Waals surface area contributed by atoms with Crippen LogP contribution in [0.15, 0.2) is 71.6 Å². The van der Waals surface area contributed by atoms with E-state index in [1.807, 2.05) is 37.3 Å². The van der Waals surface area contributed by atoms with Gasteiger partial charge in [0.15, 0.2) is 5.82 Å². The maximum Gasteiger partial charge on any atom is 0.263 e. The summed E-state index contributed by atoms with van der Waals surface area (Å²) in [6.07, 6.45) is 0. The summed E-state index contributed by atoms with van der Waals surface area (Å²) in [4.78, 5) is 0.192. The average Bonchev–Trinajstić information content (AvgIpc) is 2.56. The third-order valence-electron chi connectivity index (χ3n) is 3.30. The van der Waals surface area contributed by atoms with E-state index in [0.29, 0.717) is 5.69 Å². The molecule has 2 aromatic carbocycles. The summed E-state index contributed by atoms with van der Waals surface area (Å²) >= 11 is 0. The van der Waals surface area contributed by atoms with Crippen LogP contribution in [0.5, 0.6) is 0 Å². The number of hydrogen-bond donors (Lipinski definition) is 1. The normalized spacial score (nSPS) is 11.2. The van der Waals surface area contributed by atoms with Crippen LogP contribution < -0.4 is 4.72 Å². The van der Waals surface area contributed by atoms with Crippen LogP contribution in [0.3, 0.4) is 0 Å². The molecule has 0 amide bonds. The number of sulfonamides is 1. The van der Waals surface area contributed by atoms with Crippen molar-refractivity contribution in [3.05, 3.63) is 72.3 Å². The van der Waals surface area contributed by atoms with Crippen molar-refractivity contribution >= 4 is 15.8 Å². The molecular formula is C17H15N3O2S. The lowest BCUT2D eigenvalue weighted by Gasteiger charge is -2.07. The number of nitrogens with one attached hydrogen (secondary N) is 1.